The molecule has 1 rings (SSSR count). The largest absolute Gasteiger partial charge is 0.481 e. The lowest BCUT2D eigenvalue weighted by atomic mass is 9.94. The summed E-state index contributed by atoms with van der Waals surface area (Å²) in [4.78, 5) is 23.6. The Kier molecular flexibility index (Phi) is 5.33. The van der Waals surface area contributed by atoms with Crippen molar-refractivity contribution in [2.45, 2.75) is 12.5 Å². The Morgan fingerprint density at radius 1 is 1.41 bits per heavy atom. The SMILES string of the molecule is NC(=O)CN1CC(NCCO)CC(C(=O)O)C1. The van der Waals surface area contributed by atoms with Crippen LogP contribution in [-0.4, -0.2) is 65.8 Å². The van der Waals surface area contributed by atoms with Crippen molar-refractivity contribution >= 4 is 11.9 Å². The lowest BCUT2D eigenvalue weighted by Gasteiger charge is -2.35. The molecule has 0 aromatic carbocycles. The molecule has 7 nitrogen and oxygen atoms in total. The highest BCUT2D eigenvalue weighted by Gasteiger charge is 2.31. The average molecular weight is 245 g/mol. The van der Waals surface area contributed by atoms with E-state index in [2.05, 4.69) is 5.32 Å². The lowest BCUT2D eigenvalue weighted by Crippen LogP contribution is -2.53. The second kappa shape index (κ2) is 6.53. The smallest absolute Gasteiger partial charge is 0.307 e. The Morgan fingerprint density at radius 2 is 2.12 bits per heavy atom. The number of nitrogens with one attached hydrogen (secondary N) is 1. The molecule has 0 aromatic heterocycles. The van der Waals surface area contributed by atoms with Gasteiger partial charge in [0.25, 0.3) is 0 Å². The maximum Gasteiger partial charge on any atom is 0.307 e. The molecule has 5 N–H and O–H groups in total. The number of amides is 1. The molecule has 98 valence electrons. The normalized spacial score (nSPS) is 25.7. The zero-order chi connectivity index (χ0) is 12.8. The predicted octanol–water partition coefficient (Wildman–Crippen LogP) is -2.17. The van der Waals surface area contributed by atoms with Crippen LogP contribution in [-0.2, 0) is 9.59 Å². The molecule has 7 heteroatoms. The molecular weight excluding hydrogens is 226 g/mol. The molecule has 0 bridgehead atoms. The summed E-state index contributed by atoms with van der Waals surface area (Å²) in [6, 6.07) is -0.0312. The van der Waals surface area contributed by atoms with Gasteiger partial charge in [-0.3, -0.25) is 14.5 Å². The van der Waals surface area contributed by atoms with E-state index in [1.165, 1.54) is 0 Å². The highest BCUT2D eigenvalue weighted by atomic mass is 16.4. The van der Waals surface area contributed by atoms with Crippen LogP contribution in [0.4, 0.5) is 0 Å². The van der Waals surface area contributed by atoms with Crippen LogP contribution >= 0.6 is 0 Å². The second-order valence-electron chi connectivity index (χ2n) is 4.31. The maximum absolute atomic E-state index is 11.0. The fourth-order valence-corrected chi connectivity index (χ4v) is 2.14. The molecule has 2 unspecified atom stereocenters. The predicted molar refractivity (Wildman–Crippen MR) is 60.3 cm³/mol. The number of primary amides is 1. The quantitative estimate of drug-likeness (QED) is 0.423. The summed E-state index contributed by atoms with van der Waals surface area (Å²) in [5.74, 6) is -1.83. The minimum atomic E-state index is -0.866. The van der Waals surface area contributed by atoms with Gasteiger partial charge >= 0.3 is 5.97 Å². The van der Waals surface area contributed by atoms with E-state index in [1.807, 2.05) is 0 Å². The third kappa shape index (κ3) is 4.68. The number of rotatable bonds is 6. The van der Waals surface area contributed by atoms with Gasteiger partial charge in [0, 0.05) is 25.7 Å². The standard InChI is InChI=1S/C10H19N3O4/c11-9(15)6-13-4-7(10(16)17)3-8(5-13)12-1-2-14/h7-8,12,14H,1-6H2,(H2,11,15)(H,16,17). The van der Waals surface area contributed by atoms with Gasteiger partial charge in [-0.2, -0.15) is 0 Å². The first-order chi connectivity index (χ1) is 8.02. The number of carboxylic acids is 1. The average Bonchev–Trinajstić information content (AvgIpc) is 2.25. The summed E-state index contributed by atoms with van der Waals surface area (Å²) < 4.78 is 0. The Bertz CT molecular complexity index is 285. The number of hydrogen-bond donors (Lipinski definition) is 4. The highest BCUT2D eigenvalue weighted by Crippen LogP contribution is 2.16. The minimum absolute atomic E-state index is 0.00403. The van der Waals surface area contributed by atoms with E-state index in [0.717, 1.165) is 0 Å². The summed E-state index contributed by atoms with van der Waals surface area (Å²) >= 11 is 0. The molecule has 1 aliphatic rings. The number of carboxylic acid groups (broad SMARTS) is 1. The van der Waals surface area contributed by atoms with Crippen LogP contribution in [0.15, 0.2) is 0 Å². The number of likely N-dealkylation sites (tertiary alicyclic amines) is 1. The van der Waals surface area contributed by atoms with E-state index in [-0.39, 0.29) is 19.2 Å². The van der Waals surface area contributed by atoms with Crippen LogP contribution in [0.5, 0.6) is 0 Å². The number of aliphatic hydroxyl groups is 1. The van der Waals surface area contributed by atoms with Gasteiger partial charge in [-0.05, 0) is 6.42 Å². The van der Waals surface area contributed by atoms with Crippen LogP contribution in [0.1, 0.15) is 6.42 Å². The minimum Gasteiger partial charge on any atom is -0.481 e. The first-order valence-corrected chi connectivity index (χ1v) is 5.60. The number of nitrogens with zero attached hydrogens (tertiary/aromatic N) is 1. The van der Waals surface area contributed by atoms with E-state index >= 15 is 0 Å². The van der Waals surface area contributed by atoms with Gasteiger partial charge in [-0.25, -0.2) is 0 Å². The second-order valence-corrected chi connectivity index (χ2v) is 4.31. The van der Waals surface area contributed by atoms with Crippen molar-refractivity contribution in [2.75, 3.05) is 32.8 Å². The van der Waals surface area contributed by atoms with Crippen LogP contribution in [0.3, 0.4) is 0 Å². The first-order valence-electron chi connectivity index (χ1n) is 5.60. The van der Waals surface area contributed by atoms with Gasteiger partial charge in [0.2, 0.25) is 5.91 Å². The number of aliphatic hydroxyl groups excluding tert-OH is 1. The molecule has 1 amide bonds. The van der Waals surface area contributed by atoms with Crippen molar-refractivity contribution in [2.24, 2.45) is 11.7 Å². The molecule has 1 aliphatic heterocycles. The van der Waals surface area contributed by atoms with Gasteiger partial charge in [0.15, 0.2) is 0 Å². The Hall–Kier alpha value is -1.18. The summed E-state index contributed by atoms with van der Waals surface area (Å²) in [6.07, 6.45) is 0.505. The summed E-state index contributed by atoms with van der Waals surface area (Å²) in [6.45, 7) is 1.41. The van der Waals surface area contributed by atoms with Gasteiger partial charge < -0.3 is 21.3 Å². The summed E-state index contributed by atoms with van der Waals surface area (Å²) in [5, 5.41) is 20.8. The molecule has 1 heterocycles. The van der Waals surface area contributed by atoms with Gasteiger partial charge in [0.05, 0.1) is 19.1 Å². The van der Waals surface area contributed by atoms with Crippen molar-refractivity contribution in [3.8, 4) is 0 Å². The molecule has 17 heavy (non-hydrogen) atoms. The molecular formula is C10H19N3O4. The number of carbonyl (C=O) groups is 2. The molecule has 0 radical (unpaired) electrons. The molecule has 0 aromatic rings. The van der Waals surface area contributed by atoms with Crippen molar-refractivity contribution < 1.29 is 19.8 Å². The Labute approximate surface area is 99.6 Å². The molecule has 0 aliphatic carbocycles. The zero-order valence-electron chi connectivity index (χ0n) is 9.63. The van der Waals surface area contributed by atoms with Crippen molar-refractivity contribution in [3.63, 3.8) is 0 Å². The number of piperidine rings is 1. The molecule has 1 fully saturated rings. The van der Waals surface area contributed by atoms with Gasteiger partial charge in [0.1, 0.15) is 0 Å². The third-order valence-electron chi connectivity index (χ3n) is 2.80. The fourth-order valence-electron chi connectivity index (χ4n) is 2.14. The maximum atomic E-state index is 11.0. The van der Waals surface area contributed by atoms with Crippen molar-refractivity contribution in [1.29, 1.82) is 0 Å². The first kappa shape index (κ1) is 13.9. The molecule has 0 spiro atoms. The van der Waals surface area contributed by atoms with Gasteiger partial charge in [-0.15, -0.1) is 0 Å². The molecule has 0 saturated carbocycles. The van der Waals surface area contributed by atoms with Crippen LogP contribution in [0.2, 0.25) is 0 Å². The number of hydrogen-bond acceptors (Lipinski definition) is 5. The zero-order valence-corrected chi connectivity index (χ0v) is 9.63. The van der Waals surface area contributed by atoms with E-state index in [0.29, 0.717) is 26.1 Å². The van der Waals surface area contributed by atoms with E-state index in [1.54, 1.807) is 4.90 Å². The van der Waals surface area contributed by atoms with Crippen molar-refractivity contribution in [1.82, 2.24) is 10.2 Å². The van der Waals surface area contributed by atoms with Crippen LogP contribution in [0.25, 0.3) is 0 Å². The lowest BCUT2D eigenvalue weighted by molar-refractivity contribution is -0.144. The monoisotopic (exact) mass is 245 g/mol. The van der Waals surface area contributed by atoms with Gasteiger partial charge in [-0.1, -0.05) is 0 Å². The number of carbonyl (C=O) groups excluding carboxylic acids is 1. The Balaban J connectivity index is 2.55. The molecule has 1 saturated heterocycles. The molecule has 2 atom stereocenters. The van der Waals surface area contributed by atoms with Crippen LogP contribution < -0.4 is 11.1 Å². The summed E-state index contributed by atoms with van der Waals surface area (Å²) in [7, 11) is 0. The van der Waals surface area contributed by atoms with Crippen molar-refractivity contribution in [3.05, 3.63) is 0 Å². The van der Waals surface area contributed by atoms with Crippen LogP contribution in [0, 0.1) is 5.92 Å². The third-order valence-corrected chi connectivity index (χ3v) is 2.80. The Morgan fingerprint density at radius 3 is 2.65 bits per heavy atom. The number of aliphatic carboxylic acids is 1. The van der Waals surface area contributed by atoms with E-state index in [9.17, 15) is 9.59 Å². The summed E-state index contributed by atoms with van der Waals surface area (Å²) in [5.41, 5.74) is 5.10. The fraction of sp³-hybridized carbons (Fsp3) is 0.800. The number of nitrogens with two attached hydrogens (primary N) is 1. The topological polar surface area (TPSA) is 116 Å². The van der Waals surface area contributed by atoms with E-state index < -0.39 is 17.8 Å². The van der Waals surface area contributed by atoms with E-state index in [4.69, 9.17) is 15.9 Å². The highest BCUT2D eigenvalue weighted by molar-refractivity contribution is 5.76.